The van der Waals surface area contributed by atoms with Crippen LogP contribution in [0, 0.1) is 6.92 Å². The van der Waals surface area contributed by atoms with Gasteiger partial charge in [-0.2, -0.15) is 16.8 Å². The van der Waals surface area contributed by atoms with Gasteiger partial charge in [0.05, 0.1) is 10.2 Å². The van der Waals surface area contributed by atoms with Crippen LogP contribution < -0.4 is 4.80 Å². The number of thioether (sulfide) groups is 1. The van der Waals surface area contributed by atoms with E-state index in [9.17, 15) is 4.79 Å². The molecule has 5 nitrogen and oxygen atoms in total. The molecule has 3 rings (SSSR count). The molecule has 8 heteroatoms. The number of fused-ring (bicyclic) bond motifs is 1. The first kappa shape index (κ1) is 16.5. The van der Waals surface area contributed by atoms with Crippen LogP contribution in [0.2, 0.25) is 0 Å². The number of carbonyl (C=O) groups excluding carboxylic acids is 1. The highest BCUT2D eigenvalue weighted by Crippen LogP contribution is 2.22. The fraction of sp³-hybridized carbons (Fsp3) is 0.267. The van der Waals surface area contributed by atoms with Crippen molar-refractivity contribution >= 4 is 55.2 Å². The second kappa shape index (κ2) is 7.02. The molecule has 0 N–H and O–H groups in total. The Balaban J connectivity index is 2.11. The normalized spacial score (nSPS) is 12.2. The number of hydrogen-bond donors (Lipinski definition) is 0. The standard InChI is InChI=1S/C15H14BrN3O2S2/c1-9-7-11(18-21-9)14(20)17-15-19(5-6-22-2)12-4-3-10(16)8-13(12)23-15/h3-4,7-8H,5-6H2,1-2H3. The molecular formula is C15H14BrN3O2S2. The van der Waals surface area contributed by atoms with Crippen molar-refractivity contribution in [1.29, 1.82) is 0 Å². The van der Waals surface area contributed by atoms with E-state index >= 15 is 0 Å². The predicted octanol–water partition coefficient (Wildman–Crippen LogP) is 3.87. The number of hydrogen-bond acceptors (Lipinski definition) is 5. The zero-order chi connectivity index (χ0) is 16.4. The maximum absolute atomic E-state index is 12.3. The predicted molar refractivity (Wildman–Crippen MR) is 97.0 cm³/mol. The Kier molecular flexibility index (Phi) is 5.03. The van der Waals surface area contributed by atoms with Gasteiger partial charge in [-0.05, 0) is 31.4 Å². The third-order valence-corrected chi connectivity index (χ3v) is 5.33. The Morgan fingerprint density at radius 2 is 2.30 bits per heavy atom. The van der Waals surface area contributed by atoms with E-state index in [1.165, 1.54) is 11.3 Å². The van der Waals surface area contributed by atoms with Gasteiger partial charge in [-0.3, -0.25) is 4.79 Å². The summed E-state index contributed by atoms with van der Waals surface area (Å²) >= 11 is 6.74. The van der Waals surface area contributed by atoms with Crippen molar-refractivity contribution in [2.75, 3.05) is 12.0 Å². The SMILES string of the molecule is CSCCn1c(=NC(=O)c2cc(C)on2)sc2cc(Br)ccc21. The van der Waals surface area contributed by atoms with Crippen LogP contribution in [0.5, 0.6) is 0 Å². The lowest BCUT2D eigenvalue weighted by molar-refractivity contribution is 0.0989. The van der Waals surface area contributed by atoms with Gasteiger partial charge in [0.15, 0.2) is 10.5 Å². The second-order valence-electron chi connectivity index (χ2n) is 4.88. The van der Waals surface area contributed by atoms with Crippen molar-refractivity contribution in [2.24, 2.45) is 4.99 Å². The second-order valence-corrected chi connectivity index (χ2v) is 7.79. The Hall–Kier alpha value is -1.38. The van der Waals surface area contributed by atoms with Gasteiger partial charge in [0.2, 0.25) is 0 Å². The summed E-state index contributed by atoms with van der Waals surface area (Å²) in [6.07, 6.45) is 2.06. The molecule has 0 saturated carbocycles. The van der Waals surface area contributed by atoms with E-state index in [2.05, 4.69) is 36.9 Å². The number of halogens is 1. The molecule has 0 atom stereocenters. The molecule has 0 fully saturated rings. The zero-order valence-corrected chi connectivity index (χ0v) is 15.8. The maximum atomic E-state index is 12.3. The molecule has 1 aromatic carbocycles. The number of aromatic nitrogens is 2. The van der Waals surface area contributed by atoms with E-state index in [0.29, 0.717) is 10.6 Å². The van der Waals surface area contributed by atoms with Crippen LogP contribution in [0.25, 0.3) is 10.2 Å². The smallest absolute Gasteiger partial charge is 0.301 e. The summed E-state index contributed by atoms with van der Waals surface area (Å²) in [5.74, 6) is 1.16. The van der Waals surface area contributed by atoms with Crippen LogP contribution >= 0.6 is 39.0 Å². The van der Waals surface area contributed by atoms with Crippen LogP contribution in [0.4, 0.5) is 0 Å². The molecule has 0 aliphatic heterocycles. The number of rotatable bonds is 4. The van der Waals surface area contributed by atoms with Gasteiger partial charge in [-0.15, -0.1) is 0 Å². The summed E-state index contributed by atoms with van der Waals surface area (Å²) < 4.78 is 9.12. The van der Waals surface area contributed by atoms with E-state index in [1.807, 2.05) is 18.2 Å². The summed E-state index contributed by atoms with van der Waals surface area (Å²) in [6.45, 7) is 2.55. The summed E-state index contributed by atoms with van der Waals surface area (Å²) in [7, 11) is 0. The first-order valence-corrected chi connectivity index (χ1v) is 9.89. The summed E-state index contributed by atoms with van der Waals surface area (Å²) in [6, 6.07) is 7.68. The topological polar surface area (TPSA) is 60.4 Å². The van der Waals surface area contributed by atoms with Crippen molar-refractivity contribution in [2.45, 2.75) is 13.5 Å². The first-order chi connectivity index (χ1) is 11.1. The number of thiazole rings is 1. The molecule has 0 aliphatic rings. The highest BCUT2D eigenvalue weighted by atomic mass is 79.9. The lowest BCUT2D eigenvalue weighted by atomic mass is 10.3. The maximum Gasteiger partial charge on any atom is 0.301 e. The quantitative estimate of drug-likeness (QED) is 0.653. The minimum absolute atomic E-state index is 0.234. The highest BCUT2D eigenvalue weighted by molar-refractivity contribution is 9.10. The van der Waals surface area contributed by atoms with Crippen LogP contribution in [0.3, 0.4) is 0 Å². The minimum Gasteiger partial charge on any atom is -0.361 e. The average Bonchev–Trinajstić information content (AvgIpc) is 3.08. The number of aryl methyl sites for hydroxylation is 2. The molecule has 0 radical (unpaired) electrons. The lowest BCUT2D eigenvalue weighted by Crippen LogP contribution is -2.18. The molecule has 0 aliphatic carbocycles. The van der Waals surface area contributed by atoms with E-state index in [4.69, 9.17) is 4.52 Å². The molecule has 0 unspecified atom stereocenters. The van der Waals surface area contributed by atoms with Crippen molar-refractivity contribution in [3.05, 3.63) is 45.0 Å². The zero-order valence-electron chi connectivity index (χ0n) is 12.6. The van der Waals surface area contributed by atoms with Crippen molar-refractivity contribution in [1.82, 2.24) is 9.72 Å². The fourth-order valence-electron chi connectivity index (χ4n) is 2.14. The molecule has 2 heterocycles. The highest BCUT2D eigenvalue weighted by Gasteiger charge is 2.12. The Morgan fingerprint density at radius 1 is 1.48 bits per heavy atom. The largest absolute Gasteiger partial charge is 0.361 e. The van der Waals surface area contributed by atoms with E-state index < -0.39 is 0 Å². The first-order valence-electron chi connectivity index (χ1n) is 6.88. The van der Waals surface area contributed by atoms with Crippen molar-refractivity contribution < 1.29 is 9.32 Å². The molecule has 0 bridgehead atoms. The van der Waals surface area contributed by atoms with Gasteiger partial charge >= 0.3 is 5.91 Å². The molecule has 23 heavy (non-hydrogen) atoms. The Morgan fingerprint density at radius 3 is 3.00 bits per heavy atom. The number of amides is 1. The van der Waals surface area contributed by atoms with Crippen molar-refractivity contribution in [3.63, 3.8) is 0 Å². The van der Waals surface area contributed by atoms with Crippen LogP contribution in [-0.2, 0) is 6.54 Å². The molecule has 0 saturated heterocycles. The van der Waals surface area contributed by atoms with Gasteiger partial charge in [-0.25, -0.2) is 0 Å². The fourth-order valence-corrected chi connectivity index (χ4v) is 4.11. The monoisotopic (exact) mass is 411 g/mol. The summed E-state index contributed by atoms with van der Waals surface area (Å²) in [5.41, 5.74) is 1.31. The lowest BCUT2D eigenvalue weighted by Gasteiger charge is -2.03. The van der Waals surface area contributed by atoms with Crippen LogP contribution in [0.1, 0.15) is 16.2 Å². The molecule has 120 valence electrons. The third kappa shape index (κ3) is 3.59. The Bertz CT molecular complexity index is 926. The van der Waals surface area contributed by atoms with Crippen molar-refractivity contribution in [3.8, 4) is 0 Å². The number of benzene rings is 1. The number of carbonyl (C=O) groups is 1. The molecule has 3 aromatic rings. The summed E-state index contributed by atoms with van der Waals surface area (Å²) in [4.78, 5) is 17.2. The van der Waals surface area contributed by atoms with Crippen LogP contribution in [0.15, 0.2) is 38.3 Å². The number of nitrogens with zero attached hydrogens (tertiary/aromatic N) is 3. The van der Waals surface area contributed by atoms with Gasteiger partial charge < -0.3 is 9.09 Å². The Labute approximate surface area is 149 Å². The van der Waals surface area contributed by atoms with Gasteiger partial charge in [0, 0.05) is 22.8 Å². The molecule has 2 aromatic heterocycles. The third-order valence-electron chi connectivity index (χ3n) is 3.21. The van der Waals surface area contributed by atoms with Gasteiger partial charge in [-0.1, -0.05) is 32.4 Å². The van der Waals surface area contributed by atoms with E-state index in [1.54, 1.807) is 24.8 Å². The molecular weight excluding hydrogens is 398 g/mol. The van der Waals surface area contributed by atoms with E-state index in [0.717, 1.165) is 27.0 Å². The summed E-state index contributed by atoms with van der Waals surface area (Å²) in [5, 5.41) is 3.74. The molecule has 0 spiro atoms. The average molecular weight is 412 g/mol. The van der Waals surface area contributed by atoms with Gasteiger partial charge in [0.25, 0.3) is 0 Å². The van der Waals surface area contributed by atoms with Gasteiger partial charge in [0.1, 0.15) is 5.76 Å². The molecule has 1 amide bonds. The van der Waals surface area contributed by atoms with Crippen LogP contribution in [-0.4, -0.2) is 27.6 Å². The minimum atomic E-state index is -0.384. The van der Waals surface area contributed by atoms with E-state index in [-0.39, 0.29) is 11.6 Å².